The molecular formula is C14H18N4O3S. The van der Waals surface area contributed by atoms with Crippen LogP contribution in [0.25, 0.3) is 0 Å². The Morgan fingerprint density at radius 3 is 2.05 bits per heavy atom. The molecule has 2 amide bonds. The lowest BCUT2D eigenvalue weighted by molar-refractivity contribution is -0.124. The van der Waals surface area contributed by atoms with Crippen molar-refractivity contribution in [1.29, 1.82) is 0 Å². The third-order valence-electron chi connectivity index (χ3n) is 2.67. The highest BCUT2D eigenvalue weighted by molar-refractivity contribution is 7.98. The molecule has 0 saturated carbocycles. The highest BCUT2D eigenvalue weighted by Gasteiger charge is 2.29. The van der Waals surface area contributed by atoms with E-state index in [1.54, 1.807) is 27.0 Å². The van der Waals surface area contributed by atoms with Gasteiger partial charge in [0, 0.05) is 5.41 Å². The maximum atomic E-state index is 12.7. The van der Waals surface area contributed by atoms with E-state index in [9.17, 15) is 14.4 Å². The second-order valence-corrected chi connectivity index (χ2v) is 6.07. The molecule has 1 aromatic rings. The van der Waals surface area contributed by atoms with Crippen molar-refractivity contribution in [3.05, 3.63) is 41.4 Å². The first kappa shape index (κ1) is 17.8. The molecule has 0 spiro atoms. The molecule has 22 heavy (non-hydrogen) atoms. The van der Waals surface area contributed by atoms with Gasteiger partial charge in [-0.1, -0.05) is 45.7 Å². The average molecular weight is 322 g/mol. The normalized spacial score (nSPS) is 10.9. The second-order valence-electron chi connectivity index (χ2n) is 5.30. The van der Waals surface area contributed by atoms with Crippen molar-refractivity contribution in [2.24, 2.45) is 0 Å². The number of hydrogen-bond donors (Lipinski definition) is 0. The van der Waals surface area contributed by atoms with Crippen molar-refractivity contribution in [1.82, 2.24) is 14.9 Å². The summed E-state index contributed by atoms with van der Waals surface area (Å²) in [6.07, 6.45) is 3.54. The molecule has 0 unspecified atom stereocenters. The molecule has 1 heterocycles. The zero-order valence-electron chi connectivity index (χ0n) is 13.0. The van der Waals surface area contributed by atoms with E-state index in [4.69, 9.17) is 0 Å². The summed E-state index contributed by atoms with van der Waals surface area (Å²) in [6.45, 7) is 12.1. The van der Waals surface area contributed by atoms with Crippen molar-refractivity contribution in [3.8, 4) is 0 Å². The Hall–Kier alpha value is -2.22. The van der Waals surface area contributed by atoms with Crippen LogP contribution in [0.3, 0.4) is 0 Å². The largest absolute Gasteiger partial charge is 0.296 e. The van der Waals surface area contributed by atoms with E-state index in [1.165, 1.54) is 0 Å². The molecule has 0 radical (unpaired) electrons. The lowest BCUT2D eigenvalue weighted by Gasteiger charge is -2.24. The molecule has 1 rings (SSSR count). The minimum absolute atomic E-state index is 0.114. The van der Waals surface area contributed by atoms with Gasteiger partial charge < -0.3 is 0 Å². The van der Waals surface area contributed by atoms with E-state index >= 15 is 0 Å². The van der Waals surface area contributed by atoms with Gasteiger partial charge in [0.2, 0.25) is 5.16 Å². The molecule has 0 atom stereocenters. The molecule has 0 bridgehead atoms. The van der Waals surface area contributed by atoms with Crippen LogP contribution in [0.15, 0.2) is 35.3 Å². The molecule has 0 N–H and O–H groups in total. The van der Waals surface area contributed by atoms with Crippen LogP contribution in [0.2, 0.25) is 0 Å². The highest BCUT2D eigenvalue weighted by atomic mass is 32.2. The molecule has 0 aliphatic heterocycles. The molecule has 0 saturated heterocycles. The third kappa shape index (κ3) is 3.33. The van der Waals surface area contributed by atoms with Crippen LogP contribution in [-0.4, -0.2) is 32.9 Å². The summed E-state index contributed by atoms with van der Waals surface area (Å²) in [7, 11) is 0. The first-order valence-corrected chi connectivity index (χ1v) is 7.58. The monoisotopic (exact) mass is 322 g/mol. The number of carbonyl (C=O) groups is 2. The summed E-state index contributed by atoms with van der Waals surface area (Å²) < 4.78 is 0.909. The Morgan fingerprint density at radius 1 is 1.18 bits per heavy atom. The number of hydrogen-bond acceptors (Lipinski definition) is 6. The van der Waals surface area contributed by atoms with Crippen molar-refractivity contribution in [2.75, 3.05) is 11.3 Å². The maximum absolute atomic E-state index is 12.7. The SMILES string of the molecule is C=CC(=O)N(C(=O)C=C)n1c(SC)nnc(C(C)(C)C)c1=O. The fourth-order valence-corrected chi connectivity index (χ4v) is 2.08. The molecular weight excluding hydrogens is 304 g/mol. The number of thioether (sulfide) groups is 1. The quantitative estimate of drug-likeness (QED) is 0.608. The van der Waals surface area contributed by atoms with Crippen LogP contribution in [0, 0.1) is 0 Å². The van der Waals surface area contributed by atoms with E-state index in [1.807, 2.05) is 0 Å². The fraction of sp³-hybridized carbons (Fsp3) is 0.357. The topological polar surface area (TPSA) is 85.2 Å². The van der Waals surface area contributed by atoms with Crippen LogP contribution in [0.1, 0.15) is 26.5 Å². The number of aromatic nitrogens is 3. The van der Waals surface area contributed by atoms with E-state index in [0.29, 0.717) is 5.01 Å². The highest BCUT2D eigenvalue weighted by Crippen LogP contribution is 2.18. The summed E-state index contributed by atoms with van der Waals surface area (Å²) in [5.41, 5.74) is -1.04. The first-order chi connectivity index (χ1) is 10.2. The van der Waals surface area contributed by atoms with Crippen LogP contribution < -0.4 is 10.6 Å². The molecule has 1 aromatic heterocycles. The standard InChI is InChI=1S/C14H18N4O3S/c1-7-9(19)17(10(20)8-2)18-12(21)11(14(3,4)5)15-16-13(18)22-6/h7-8H,1-2H2,3-6H3. The third-order valence-corrected chi connectivity index (χ3v) is 3.29. The Morgan fingerprint density at radius 2 is 1.68 bits per heavy atom. The van der Waals surface area contributed by atoms with Crippen LogP contribution in [0.5, 0.6) is 0 Å². The molecule has 8 heteroatoms. The fourth-order valence-electron chi connectivity index (χ4n) is 1.62. The van der Waals surface area contributed by atoms with Crippen LogP contribution in [0.4, 0.5) is 0 Å². The summed E-state index contributed by atoms with van der Waals surface area (Å²) in [4.78, 5) is 36.7. The summed E-state index contributed by atoms with van der Waals surface area (Å²) in [5.74, 6) is -1.51. The maximum Gasteiger partial charge on any atom is 0.296 e. The molecule has 0 aromatic carbocycles. The second kappa shape index (κ2) is 6.69. The van der Waals surface area contributed by atoms with Gasteiger partial charge in [-0.3, -0.25) is 14.4 Å². The van der Waals surface area contributed by atoms with Gasteiger partial charge in [0.25, 0.3) is 17.4 Å². The van der Waals surface area contributed by atoms with Gasteiger partial charge in [-0.05, 0) is 18.4 Å². The Bertz CT molecular complexity index is 668. The summed E-state index contributed by atoms with van der Waals surface area (Å²) >= 11 is 1.09. The minimum Gasteiger partial charge on any atom is -0.267 e. The average Bonchev–Trinajstić information content (AvgIpc) is 2.46. The van der Waals surface area contributed by atoms with Crippen molar-refractivity contribution >= 4 is 23.6 Å². The number of carbonyl (C=O) groups excluding carboxylic acids is 2. The van der Waals surface area contributed by atoms with Gasteiger partial charge >= 0.3 is 0 Å². The summed E-state index contributed by atoms with van der Waals surface area (Å²) in [5, 5.41) is 8.63. The van der Waals surface area contributed by atoms with Gasteiger partial charge in [-0.15, -0.1) is 10.2 Å². The van der Waals surface area contributed by atoms with Crippen molar-refractivity contribution < 1.29 is 9.59 Å². The Kier molecular flexibility index (Phi) is 5.43. The summed E-state index contributed by atoms with van der Waals surface area (Å²) in [6, 6.07) is 0. The molecule has 0 aliphatic carbocycles. The van der Waals surface area contributed by atoms with Crippen LogP contribution in [-0.2, 0) is 15.0 Å². The van der Waals surface area contributed by atoms with Gasteiger partial charge in [0.05, 0.1) is 0 Å². The zero-order chi connectivity index (χ0) is 17.1. The van der Waals surface area contributed by atoms with Crippen LogP contribution >= 0.6 is 11.8 Å². The van der Waals surface area contributed by atoms with Gasteiger partial charge in [0.15, 0.2) is 0 Å². The molecule has 0 fully saturated rings. The molecule has 0 aliphatic rings. The van der Waals surface area contributed by atoms with E-state index in [-0.39, 0.29) is 10.9 Å². The number of imide groups is 1. The number of amides is 2. The first-order valence-electron chi connectivity index (χ1n) is 6.36. The predicted octanol–water partition coefficient (Wildman–Crippen LogP) is 1.02. The number of nitrogens with zero attached hydrogens (tertiary/aromatic N) is 4. The smallest absolute Gasteiger partial charge is 0.267 e. The van der Waals surface area contributed by atoms with Gasteiger partial charge in [-0.25, -0.2) is 0 Å². The van der Waals surface area contributed by atoms with E-state index in [0.717, 1.165) is 28.6 Å². The van der Waals surface area contributed by atoms with Crippen molar-refractivity contribution in [2.45, 2.75) is 31.3 Å². The lowest BCUT2D eigenvalue weighted by Crippen LogP contribution is -2.52. The Labute approximate surface area is 132 Å². The molecule has 118 valence electrons. The van der Waals surface area contributed by atoms with E-state index in [2.05, 4.69) is 23.4 Å². The van der Waals surface area contributed by atoms with Gasteiger partial charge in [-0.2, -0.15) is 9.69 Å². The number of rotatable bonds is 4. The molecule has 7 nitrogen and oxygen atoms in total. The predicted molar refractivity (Wildman–Crippen MR) is 85.4 cm³/mol. The van der Waals surface area contributed by atoms with E-state index < -0.39 is 22.8 Å². The zero-order valence-corrected chi connectivity index (χ0v) is 13.8. The van der Waals surface area contributed by atoms with Crippen molar-refractivity contribution in [3.63, 3.8) is 0 Å². The lowest BCUT2D eigenvalue weighted by atomic mass is 9.93. The Balaban J connectivity index is 3.77. The minimum atomic E-state index is -0.754. The van der Waals surface area contributed by atoms with Gasteiger partial charge in [0.1, 0.15) is 5.69 Å².